The maximum Gasteiger partial charge on any atom is 0.305 e. The van der Waals surface area contributed by atoms with Crippen LogP contribution in [0, 0.1) is 11.8 Å². The van der Waals surface area contributed by atoms with Gasteiger partial charge in [0.25, 0.3) is 0 Å². The van der Waals surface area contributed by atoms with E-state index in [1.807, 2.05) is 9.80 Å². The van der Waals surface area contributed by atoms with Crippen LogP contribution in [0.3, 0.4) is 0 Å². The molecule has 79 heavy (non-hydrogen) atoms. The maximum absolute atomic E-state index is 14.0. The lowest BCUT2D eigenvalue weighted by Gasteiger charge is -2.36. The lowest BCUT2D eigenvalue weighted by Crippen LogP contribution is -2.51. The monoisotopic (exact) mass is 1110 g/mol. The number of amides is 2. The number of ether oxygens (including phenoxy) is 2. The fraction of sp³-hybridized carbons (Fsp3) is 0.941. The van der Waals surface area contributed by atoms with Crippen LogP contribution in [0.1, 0.15) is 304 Å². The van der Waals surface area contributed by atoms with Crippen molar-refractivity contribution < 1.29 is 28.7 Å². The Hall–Kier alpha value is -2.24. The van der Waals surface area contributed by atoms with E-state index in [-0.39, 0.29) is 23.8 Å². The molecule has 0 spiro atoms. The number of carbonyl (C=O) groups excluding carboxylic acids is 4. The first-order valence-corrected chi connectivity index (χ1v) is 34.6. The Morgan fingerprint density at radius 1 is 0.367 bits per heavy atom. The van der Waals surface area contributed by atoms with Gasteiger partial charge in [0.05, 0.1) is 13.2 Å². The van der Waals surface area contributed by atoms with E-state index in [0.717, 1.165) is 116 Å². The molecular formula is C68H131N5O6. The van der Waals surface area contributed by atoms with Crippen molar-refractivity contribution in [1.82, 2.24) is 24.5 Å². The molecule has 464 valence electrons. The smallest absolute Gasteiger partial charge is 0.305 e. The molecular weight excluding hydrogens is 983 g/mol. The van der Waals surface area contributed by atoms with Gasteiger partial charge in [0, 0.05) is 90.6 Å². The Morgan fingerprint density at radius 2 is 0.734 bits per heavy atom. The molecule has 0 aromatic heterocycles. The molecule has 11 heteroatoms. The van der Waals surface area contributed by atoms with Gasteiger partial charge in [-0.3, -0.25) is 24.1 Å². The number of hydrogen-bond donors (Lipinski definition) is 0. The molecule has 2 saturated heterocycles. The Morgan fingerprint density at radius 3 is 1.19 bits per heavy atom. The average Bonchev–Trinajstić information content (AvgIpc) is 3.46. The fourth-order valence-corrected chi connectivity index (χ4v) is 12.1. The summed E-state index contributed by atoms with van der Waals surface area (Å²) in [4.78, 5) is 64.4. The third kappa shape index (κ3) is 39.8. The quantitative estimate of drug-likeness (QED) is 0.0435. The van der Waals surface area contributed by atoms with Crippen molar-refractivity contribution in [3.05, 3.63) is 0 Å². The third-order valence-corrected chi connectivity index (χ3v) is 17.8. The van der Waals surface area contributed by atoms with Crippen LogP contribution in [0.2, 0.25) is 0 Å². The third-order valence-electron chi connectivity index (χ3n) is 17.8. The summed E-state index contributed by atoms with van der Waals surface area (Å²) in [5.41, 5.74) is 0. The summed E-state index contributed by atoms with van der Waals surface area (Å²) in [6.07, 6.45) is 47.2. The molecule has 2 aliphatic heterocycles. The molecule has 2 amide bonds. The van der Waals surface area contributed by atoms with E-state index in [1.165, 1.54) is 173 Å². The predicted octanol–water partition coefficient (Wildman–Crippen LogP) is 16.4. The van der Waals surface area contributed by atoms with Crippen LogP contribution in [-0.2, 0) is 28.7 Å². The first-order valence-electron chi connectivity index (χ1n) is 34.6. The minimum Gasteiger partial charge on any atom is -0.465 e. The summed E-state index contributed by atoms with van der Waals surface area (Å²) in [5, 5.41) is 0. The zero-order chi connectivity index (χ0) is 57.2. The minimum absolute atomic E-state index is 0.00858. The number of rotatable bonds is 54. The summed E-state index contributed by atoms with van der Waals surface area (Å²) in [7, 11) is 2.23. The Bertz CT molecular complexity index is 1380. The SMILES string of the molecule is CCCCCCCCC(=O)N1CCN(C(=O)CCN(CCCCN2CCN(C)CC2)C(CCCCCCCCC(=O)OCC(CCCC)CCCCCC)CCCCCCCCC(=O)OCC(CCCC)CCCCCC)CC1. The molecule has 0 saturated carbocycles. The molecule has 0 bridgehead atoms. The molecule has 2 rings (SSSR count). The van der Waals surface area contributed by atoms with Gasteiger partial charge in [-0.05, 0) is 103 Å². The maximum atomic E-state index is 14.0. The summed E-state index contributed by atoms with van der Waals surface area (Å²) in [6, 6.07) is 0.456. The summed E-state index contributed by atoms with van der Waals surface area (Å²) < 4.78 is 11.7. The largest absolute Gasteiger partial charge is 0.465 e. The second-order valence-electron chi connectivity index (χ2n) is 25.0. The zero-order valence-electron chi connectivity index (χ0n) is 53.3. The molecule has 0 radical (unpaired) electrons. The van der Waals surface area contributed by atoms with Gasteiger partial charge in [0.1, 0.15) is 0 Å². The topological polar surface area (TPSA) is 103 Å². The van der Waals surface area contributed by atoms with Crippen molar-refractivity contribution in [2.45, 2.75) is 310 Å². The fourth-order valence-electron chi connectivity index (χ4n) is 12.1. The first-order chi connectivity index (χ1) is 38.6. The number of unbranched alkanes of at least 4 members (excludes halogenated alkanes) is 24. The van der Waals surface area contributed by atoms with Crippen LogP contribution in [0.4, 0.5) is 0 Å². The highest BCUT2D eigenvalue weighted by molar-refractivity contribution is 5.78. The van der Waals surface area contributed by atoms with Gasteiger partial charge in [-0.1, -0.05) is 208 Å². The summed E-state index contributed by atoms with van der Waals surface area (Å²) in [6.45, 7) is 22.7. The second-order valence-corrected chi connectivity index (χ2v) is 25.0. The van der Waals surface area contributed by atoms with E-state index in [2.05, 4.69) is 56.4 Å². The van der Waals surface area contributed by atoms with Crippen molar-refractivity contribution in [1.29, 1.82) is 0 Å². The molecule has 0 N–H and O–H groups in total. The molecule has 0 aromatic carbocycles. The number of piperazine rings is 2. The van der Waals surface area contributed by atoms with Gasteiger partial charge in [-0.25, -0.2) is 0 Å². The summed E-state index contributed by atoms with van der Waals surface area (Å²) in [5.74, 6) is 1.51. The van der Waals surface area contributed by atoms with E-state index < -0.39 is 0 Å². The highest BCUT2D eigenvalue weighted by atomic mass is 16.5. The Balaban J connectivity index is 1.97. The van der Waals surface area contributed by atoms with Crippen molar-refractivity contribution in [2.75, 3.05) is 92.3 Å². The van der Waals surface area contributed by atoms with E-state index >= 15 is 0 Å². The molecule has 2 unspecified atom stereocenters. The highest BCUT2D eigenvalue weighted by Gasteiger charge is 2.26. The Labute approximate surface area is 489 Å². The number of hydrogen-bond acceptors (Lipinski definition) is 9. The predicted molar refractivity (Wildman–Crippen MR) is 334 cm³/mol. The number of esters is 2. The summed E-state index contributed by atoms with van der Waals surface area (Å²) >= 11 is 0. The van der Waals surface area contributed by atoms with Gasteiger partial charge < -0.3 is 29.1 Å². The van der Waals surface area contributed by atoms with Crippen LogP contribution >= 0.6 is 0 Å². The van der Waals surface area contributed by atoms with Crippen LogP contribution in [-0.4, -0.2) is 147 Å². The van der Waals surface area contributed by atoms with Crippen molar-refractivity contribution in [3.8, 4) is 0 Å². The van der Waals surface area contributed by atoms with Gasteiger partial charge in [0.2, 0.25) is 11.8 Å². The van der Waals surface area contributed by atoms with Crippen LogP contribution in [0.5, 0.6) is 0 Å². The molecule has 2 fully saturated rings. The van der Waals surface area contributed by atoms with Gasteiger partial charge in [-0.2, -0.15) is 0 Å². The average molecular weight is 1110 g/mol. The molecule has 11 nitrogen and oxygen atoms in total. The number of nitrogens with zero attached hydrogens (tertiary/aromatic N) is 5. The normalized spacial score (nSPS) is 15.7. The van der Waals surface area contributed by atoms with Crippen LogP contribution in [0.15, 0.2) is 0 Å². The number of carbonyl (C=O) groups is 4. The van der Waals surface area contributed by atoms with Gasteiger partial charge in [0.15, 0.2) is 0 Å². The van der Waals surface area contributed by atoms with Crippen molar-refractivity contribution in [2.24, 2.45) is 11.8 Å². The van der Waals surface area contributed by atoms with Gasteiger partial charge in [-0.15, -0.1) is 0 Å². The highest BCUT2D eigenvalue weighted by Crippen LogP contribution is 2.24. The van der Waals surface area contributed by atoms with E-state index in [1.54, 1.807) is 0 Å². The lowest BCUT2D eigenvalue weighted by molar-refractivity contribution is -0.146. The molecule has 2 atom stereocenters. The van der Waals surface area contributed by atoms with E-state index in [9.17, 15) is 19.2 Å². The molecule has 2 aliphatic rings. The first kappa shape index (κ1) is 72.9. The molecule has 2 heterocycles. The van der Waals surface area contributed by atoms with Crippen LogP contribution in [0.25, 0.3) is 0 Å². The standard InChI is InChI=1S/C68H131N5O6/c1-7-12-17-20-27-34-45-65(74)72-56-58-73(59-57-72)66(75)48-51-71(50-38-37-49-70-54-52-69(6)53-55-70)64(43-32-25-21-23-28-35-46-67(76)78-60-62(39-15-10-4)41-30-18-13-8-2)44-33-26-22-24-29-36-47-68(77)79-61-63(40-16-11-5)42-31-19-14-9-3/h62-64H,7-61H2,1-6H3. The van der Waals surface area contributed by atoms with E-state index in [0.29, 0.717) is 83.0 Å². The molecule has 0 aliphatic carbocycles. The Kier molecular flexibility index (Phi) is 47.4. The number of likely N-dealkylation sites (N-methyl/N-ethyl adjacent to an activating group) is 1. The van der Waals surface area contributed by atoms with E-state index in [4.69, 9.17) is 9.47 Å². The zero-order valence-corrected chi connectivity index (χ0v) is 53.3. The lowest BCUT2D eigenvalue weighted by atomic mass is 9.96. The van der Waals surface area contributed by atoms with Crippen molar-refractivity contribution in [3.63, 3.8) is 0 Å². The van der Waals surface area contributed by atoms with Crippen LogP contribution < -0.4 is 0 Å². The van der Waals surface area contributed by atoms with Crippen molar-refractivity contribution >= 4 is 23.8 Å². The molecule has 0 aromatic rings. The van der Waals surface area contributed by atoms with Gasteiger partial charge >= 0.3 is 11.9 Å². The minimum atomic E-state index is -0.00858. The second kappa shape index (κ2) is 51.4.